The summed E-state index contributed by atoms with van der Waals surface area (Å²) in [4.78, 5) is 0. The quantitative estimate of drug-likeness (QED) is 0.840. The molecule has 1 aromatic carbocycles. The van der Waals surface area contributed by atoms with E-state index in [-0.39, 0.29) is 0 Å². The Morgan fingerprint density at radius 2 is 2.19 bits per heavy atom. The van der Waals surface area contributed by atoms with E-state index in [0.29, 0.717) is 6.04 Å². The van der Waals surface area contributed by atoms with Gasteiger partial charge in [-0.15, -0.1) is 0 Å². The highest BCUT2D eigenvalue weighted by atomic mass is 79.9. The Balaban J connectivity index is 1.94. The lowest BCUT2D eigenvalue weighted by Gasteiger charge is -2.29. The van der Waals surface area contributed by atoms with Crippen molar-refractivity contribution in [1.82, 2.24) is 0 Å². The molecule has 16 heavy (non-hydrogen) atoms. The lowest BCUT2D eigenvalue weighted by Crippen LogP contribution is -2.23. The highest BCUT2D eigenvalue weighted by molar-refractivity contribution is 9.10. The van der Waals surface area contributed by atoms with Gasteiger partial charge < -0.3 is 5.32 Å². The molecule has 0 spiro atoms. The summed E-state index contributed by atoms with van der Waals surface area (Å²) in [6.07, 6.45) is 5.62. The molecular formula is C14H20BrN. The zero-order valence-electron chi connectivity index (χ0n) is 10.1. The summed E-state index contributed by atoms with van der Waals surface area (Å²) in [5.74, 6) is 0.968. The van der Waals surface area contributed by atoms with E-state index in [4.69, 9.17) is 0 Å². The molecule has 1 aliphatic carbocycles. The number of hydrogen-bond acceptors (Lipinski definition) is 1. The molecular weight excluding hydrogens is 262 g/mol. The van der Waals surface area contributed by atoms with E-state index in [2.05, 4.69) is 53.3 Å². The topological polar surface area (TPSA) is 12.0 Å². The normalized spacial score (nSPS) is 17.9. The largest absolute Gasteiger partial charge is 0.382 e. The first-order valence-electron chi connectivity index (χ1n) is 6.18. The molecule has 0 heterocycles. The third-order valence-corrected chi connectivity index (χ3v) is 4.44. The molecule has 2 rings (SSSR count). The van der Waals surface area contributed by atoms with Crippen molar-refractivity contribution in [3.05, 3.63) is 28.2 Å². The van der Waals surface area contributed by atoms with Crippen LogP contribution in [0.4, 0.5) is 5.69 Å². The number of rotatable bonds is 4. The van der Waals surface area contributed by atoms with Crippen molar-refractivity contribution in [1.29, 1.82) is 0 Å². The average Bonchev–Trinajstić information content (AvgIpc) is 2.19. The van der Waals surface area contributed by atoms with Crippen molar-refractivity contribution in [3.8, 4) is 0 Å². The van der Waals surface area contributed by atoms with Gasteiger partial charge in [-0.3, -0.25) is 0 Å². The highest BCUT2D eigenvalue weighted by Crippen LogP contribution is 2.32. The van der Waals surface area contributed by atoms with Crippen LogP contribution in [0.1, 0.15) is 38.2 Å². The van der Waals surface area contributed by atoms with Gasteiger partial charge in [0.05, 0.1) is 0 Å². The minimum Gasteiger partial charge on any atom is -0.382 e. The number of nitrogens with one attached hydrogen (secondary N) is 1. The fraction of sp³-hybridized carbons (Fsp3) is 0.571. The maximum atomic E-state index is 3.62. The molecule has 0 radical (unpaired) electrons. The Bertz CT molecular complexity index is 358. The molecule has 88 valence electrons. The van der Waals surface area contributed by atoms with Crippen LogP contribution in [0, 0.1) is 12.8 Å². The van der Waals surface area contributed by atoms with Gasteiger partial charge in [-0.1, -0.05) is 41.3 Å². The Morgan fingerprint density at radius 3 is 2.81 bits per heavy atom. The van der Waals surface area contributed by atoms with Gasteiger partial charge in [-0.05, 0) is 43.9 Å². The van der Waals surface area contributed by atoms with Crippen molar-refractivity contribution < 1.29 is 0 Å². The van der Waals surface area contributed by atoms with E-state index in [1.807, 2.05) is 0 Å². The fourth-order valence-electron chi connectivity index (χ4n) is 2.32. The van der Waals surface area contributed by atoms with E-state index in [9.17, 15) is 0 Å². The van der Waals surface area contributed by atoms with Crippen LogP contribution >= 0.6 is 15.9 Å². The second kappa shape index (κ2) is 5.22. The number of hydrogen-bond donors (Lipinski definition) is 1. The van der Waals surface area contributed by atoms with Gasteiger partial charge in [-0.2, -0.15) is 0 Å². The molecule has 1 aromatic rings. The third-order valence-electron chi connectivity index (χ3n) is 3.58. The summed E-state index contributed by atoms with van der Waals surface area (Å²) in [6.45, 7) is 4.45. The molecule has 1 nitrogen and oxygen atoms in total. The first kappa shape index (κ1) is 12.0. The minimum atomic E-state index is 0.582. The maximum Gasteiger partial charge on any atom is 0.0383 e. The Hall–Kier alpha value is -0.500. The van der Waals surface area contributed by atoms with Gasteiger partial charge in [0.1, 0.15) is 0 Å². The van der Waals surface area contributed by atoms with Crippen LogP contribution in [0.15, 0.2) is 22.7 Å². The van der Waals surface area contributed by atoms with Gasteiger partial charge in [0, 0.05) is 16.2 Å². The van der Waals surface area contributed by atoms with Crippen molar-refractivity contribution in [3.63, 3.8) is 0 Å². The number of halogens is 1. The summed E-state index contributed by atoms with van der Waals surface area (Å²) in [5, 5.41) is 3.62. The minimum absolute atomic E-state index is 0.582. The van der Waals surface area contributed by atoms with Gasteiger partial charge in [0.2, 0.25) is 0 Å². The first-order chi connectivity index (χ1) is 7.66. The van der Waals surface area contributed by atoms with E-state index in [0.717, 1.165) is 5.92 Å². The van der Waals surface area contributed by atoms with Crippen LogP contribution < -0.4 is 5.32 Å². The summed E-state index contributed by atoms with van der Waals surface area (Å²) >= 11 is 3.57. The summed E-state index contributed by atoms with van der Waals surface area (Å²) in [5.41, 5.74) is 2.57. The SMILES string of the molecule is Cc1c(Br)cccc1NC(C)CC1CCC1. The van der Waals surface area contributed by atoms with Gasteiger partial charge in [0.15, 0.2) is 0 Å². The van der Waals surface area contributed by atoms with Crippen LogP contribution in [0.5, 0.6) is 0 Å². The molecule has 0 saturated heterocycles. The lowest BCUT2D eigenvalue weighted by atomic mass is 9.81. The van der Waals surface area contributed by atoms with Crippen LogP contribution in [0.2, 0.25) is 0 Å². The number of benzene rings is 1. The van der Waals surface area contributed by atoms with Gasteiger partial charge >= 0.3 is 0 Å². The van der Waals surface area contributed by atoms with Crippen LogP contribution in [0.25, 0.3) is 0 Å². The van der Waals surface area contributed by atoms with E-state index in [1.54, 1.807) is 0 Å². The first-order valence-corrected chi connectivity index (χ1v) is 6.98. The van der Waals surface area contributed by atoms with E-state index < -0.39 is 0 Å². The molecule has 2 heteroatoms. The molecule has 1 fully saturated rings. The maximum absolute atomic E-state index is 3.62. The lowest BCUT2D eigenvalue weighted by molar-refractivity contribution is 0.286. The molecule has 1 aliphatic rings. The predicted octanol–water partition coefficient (Wildman–Crippen LogP) is 4.75. The molecule has 0 aliphatic heterocycles. The zero-order chi connectivity index (χ0) is 11.5. The predicted molar refractivity (Wildman–Crippen MR) is 73.9 cm³/mol. The van der Waals surface area contributed by atoms with Crippen LogP contribution in [-0.4, -0.2) is 6.04 Å². The van der Waals surface area contributed by atoms with E-state index in [1.165, 1.54) is 41.4 Å². The Labute approximate surface area is 107 Å². The highest BCUT2D eigenvalue weighted by Gasteiger charge is 2.20. The monoisotopic (exact) mass is 281 g/mol. The van der Waals surface area contributed by atoms with Crippen molar-refractivity contribution in [2.45, 2.75) is 45.6 Å². The second-order valence-corrected chi connectivity index (χ2v) is 5.84. The molecule has 1 saturated carbocycles. The summed E-state index contributed by atoms with van der Waals surface area (Å²) < 4.78 is 1.19. The average molecular weight is 282 g/mol. The standard InChI is InChI=1S/C14H20BrN/c1-10(9-12-5-3-6-12)16-14-8-4-7-13(15)11(14)2/h4,7-8,10,12,16H,3,5-6,9H2,1-2H3. The third kappa shape index (κ3) is 2.79. The van der Waals surface area contributed by atoms with Crippen molar-refractivity contribution in [2.24, 2.45) is 5.92 Å². The van der Waals surface area contributed by atoms with Gasteiger partial charge in [-0.25, -0.2) is 0 Å². The molecule has 0 amide bonds. The van der Waals surface area contributed by atoms with E-state index >= 15 is 0 Å². The van der Waals surface area contributed by atoms with Crippen LogP contribution in [-0.2, 0) is 0 Å². The Kier molecular flexibility index (Phi) is 3.91. The fourth-order valence-corrected chi connectivity index (χ4v) is 2.68. The summed E-state index contributed by atoms with van der Waals surface area (Å²) in [7, 11) is 0. The zero-order valence-corrected chi connectivity index (χ0v) is 11.7. The van der Waals surface area contributed by atoms with Crippen LogP contribution in [0.3, 0.4) is 0 Å². The smallest absolute Gasteiger partial charge is 0.0383 e. The van der Waals surface area contributed by atoms with Crippen molar-refractivity contribution >= 4 is 21.6 Å². The molecule has 1 unspecified atom stereocenters. The molecule has 1 atom stereocenters. The molecule has 0 aromatic heterocycles. The molecule has 0 bridgehead atoms. The number of anilines is 1. The summed E-state index contributed by atoms with van der Waals surface area (Å²) in [6, 6.07) is 6.93. The van der Waals surface area contributed by atoms with Gasteiger partial charge in [0.25, 0.3) is 0 Å². The molecule has 1 N–H and O–H groups in total. The second-order valence-electron chi connectivity index (χ2n) is 4.99. The Morgan fingerprint density at radius 1 is 1.44 bits per heavy atom. The van der Waals surface area contributed by atoms with Crippen molar-refractivity contribution in [2.75, 3.05) is 5.32 Å².